The zero-order chi connectivity index (χ0) is 21.4. The summed E-state index contributed by atoms with van der Waals surface area (Å²) in [6.45, 7) is 0. The lowest BCUT2D eigenvalue weighted by Crippen LogP contribution is -2.30. The zero-order valence-corrected chi connectivity index (χ0v) is 17.9. The van der Waals surface area contributed by atoms with Gasteiger partial charge < -0.3 is 19.9 Å². The highest BCUT2D eigenvalue weighted by molar-refractivity contribution is 8.13. The van der Waals surface area contributed by atoms with Gasteiger partial charge in [-0.15, -0.1) is 11.8 Å². The summed E-state index contributed by atoms with van der Waals surface area (Å²) >= 11 is 8.01. The molecule has 0 saturated carbocycles. The van der Waals surface area contributed by atoms with Crippen molar-refractivity contribution in [3.8, 4) is 11.6 Å². The third-order valence-electron chi connectivity index (χ3n) is 4.89. The van der Waals surface area contributed by atoms with Gasteiger partial charge in [-0.2, -0.15) is 4.98 Å². The van der Waals surface area contributed by atoms with Gasteiger partial charge in [0.1, 0.15) is 17.6 Å². The molecule has 10 heteroatoms. The Kier molecular flexibility index (Phi) is 5.13. The number of carbonyl (C=O) groups is 1. The van der Waals surface area contributed by atoms with E-state index in [2.05, 4.69) is 25.6 Å². The van der Waals surface area contributed by atoms with Crippen LogP contribution in [-0.4, -0.2) is 37.4 Å². The molecule has 2 N–H and O–H groups in total. The van der Waals surface area contributed by atoms with Gasteiger partial charge in [0.05, 0.1) is 33.1 Å². The summed E-state index contributed by atoms with van der Waals surface area (Å²) in [5.74, 6) is 0.925. The number of aryl methyl sites for hydroxylation is 1. The highest BCUT2D eigenvalue weighted by Crippen LogP contribution is 2.32. The summed E-state index contributed by atoms with van der Waals surface area (Å²) < 4.78 is 7.80. The van der Waals surface area contributed by atoms with E-state index in [0.717, 1.165) is 16.7 Å². The van der Waals surface area contributed by atoms with Crippen molar-refractivity contribution in [2.45, 2.75) is 11.3 Å². The van der Waals surface area contributed by atoms with Crippen LogP contribution in [0.4, 0.5) is 10.5 Å². The predicted octanol–water partition coefficient (Wildman–Crippen LogP) is 4.50. The number of urea groups is 1. The lowest BCUT2D eigenvalue weighted by Gasteiger charge is -2.17. The first kappa shape index (κ1) is 19.7. The van der Waals surface area contributed by atoms with Gasteiger partial charge in [-0.3, -0.25) is 4.99 Å². The van der Waals surface area contributed by atoms with E-state index in [-0.39, 0.29) is 17.3 Å². The molecule has 1 aliphatic carbocycles. The molecule has 8 nitrogen and oxygen atoms in total. The number of fused-ring (bicyclic) bond motifs is 2. The minimum Gasteiger partial charge on any atom is -0.437 e. The molecule has 2 aromatic heterocycles. The lowest BCUT2D eigenvalue weighted by molar-refractivity contribution is 0.254. The monoisotopic (exact) mass is 452 g/mol. The molecule has 156 valence electrons. The Morgan fingerprint density at radius 3 is 3.03 bits per heavy atom. The summed E-state index contributed by atoms with van der Waals surface area (Å²) in [5, 5.41) is 6.16. The second kappa shape index (κ2) is 8.09. The number of aliphatic imine (C=N–C) groups is 1. The zero-order valence-electron chi connectivity index (χ0n) is 16.3. The first-order chi connectivity index (χ1) is 15.1. The van der Waals surface area contributed by atoms with E-state index in [9.17, 15) is 4.79 Å². The third-order valence-corrected chi connectivity index (χ3v) is 6.18. The van der Waals surface area contributed by atoms with Gasteiger partial charge in [-0.1, -0.05) is 17.7 Å². The maximum absolute atomic E-state index is 12.4. The number of benzene rings is 1. The van der Waals surface area contributed by atoms with Crippen molar-refractivity contribution in [1.82, 2.24) is 19.9 Å². The smallest absolute Gasteiger partial charge is 0.323 e. The Morgan fingerprint density at radius 1 is 1.26 bits per heavy atom. The first-order valence-corrected chi connectivity index (χ1v) is 10.8. The second-order valence-corrected chi connectivity index (χ2v) is 8.42. The lowest BCUT2D eigenvalue weighted by atomic mass is 10.1. The number of ether oxygens (including phenoxy) is 1. The number of aromatic nitrogens is 3. The quantitative estimate of drug-likeness (QED) is 0.607. The number of rotatable bonds is 4. The molecule has 0 spiro atoms. The molecular weight excluding hydrogens is 436 g/mol. The Hall–Kier alpha value is -3.30. The number of hydrogen-bond donors (Lipinski definition) is 2. The van der Waals surface area contributed by atoms with E-state index in [0.29, 0.717) is 22.3 Å². The topological polar surface area (TPSA) is 93.4 Å². The van der Waals surface area contributed by atoms with E-state index in [1.54, 1.807) is 30.0 Å². The van der Waals surface area contributed by atoms with Crippen LogP contribution in [-0.2, 0) is 7.05 Å². The molecule has 0 bridgehead atoms. The summed E-state index contributed by atoms with van der Waals surface area (Å²) in [4.78, 5) is 25.2. The van der Waals surface area contributed by atoms with E-state index in [1.807, 2.05) is 47.7 Å². The first-order valence-electron chi connectivity index (χ1n) is 9.45. The number of thioether (sulfide) groups is 1. The van der Waals surface area contributed by atoms with Crippen molar-refractivity contribution in [3.05, 3.63) is 65.7 Å². The van der Waals surface area contributed by atoms with Crippen molar-refractivity contribution >= 4 is 51.7 Å². The third kappa shape index (κ3) is 4.01. The molecule has 0 fully saturated rings. The molecule has 3 aromatic rings. The van der Waals surface area contributed by atoms with Crippen LogP contribution >= 0.6 is 23.4 Å². The van der Waals surface area contributed by atoms with Gasteiger partial charge in [0, 0.05) is 25.0 Å². The minimum atomic E-state index is -0.379. The number of anilines is 1. The maximum Gasteiger partial charge on any atom is 0.323 e. The number of nitrogens with zero attached hydrogens (tertiary/aromatic N) is 4. The van der Waals surface area contributed by atoms with Gasteiger partial charge in [0.2, 0.25) is 5.88 Å². The Labute approximate surface area is 187 Å². The van der Waals surface area contributed by atoms with Gasteiger partial charge in [0.25, 0.3) is 0 Å². The Balaban J connectivity index is 1.27. The number of nitrogens with one attached hydrogen (secondary N) is 2. The van der Waals surface area contributed by atoms with Gasteiger partial charge >= 0.3 is 6.03 Å². The van der Waals surface area contributed by atoms with Crippen LogP contribution in [0.25, 0.3) is 11.0 Å². The van der Waals surface area contributed by atoms with Crippen LogP contribution < -0.4 is 15.4 Å². The molecule has 2 atom stereocenters. The van der Waals surface area contributed by atoms with E-state index < -0.39 is 0 Å². The van der Waals surface area contributed by atoms with Crippen molar-refractivity contribution in [2.24, 2.45) is 12.0 Å². The van der Waals surface area contributed by atoms with Crippen molar-refractivity contribution in [3.63, 3.8) is 0 Å². The highest BCUT2D eigenvalue weighted by Gasteiger charge is 2.24. The van der Waals surface area contributed by atoms with Crippen molar-refractivity contribution in [1.29, 1.82) is 0 Å². The standard InChI is InChI=1S/C21H17ClN6O2S/c1-28-7-6-17-19(28)20(24-10-23-17)30-13-3-5-15(14(22)9-13)27-21(29)26-12-2-4-16-18(8-12)31-11-25-16/h2-11,16,18H,1H3,(H2,26,27,29). The number of halogens is 1. The van der Waals surface area contributed by atoms with Crippen LogP contribution in [0.2, 0.25) is 5.02 Å². The minimum absolute atomic E-state index is 0.146. The van der Waals surface area contributed by atoms with Crippen LogP contribution in [0.5, 0.6) is 11.6 Å². The van der Waals surface area contributed by atoms with Gasteiger partial charge in [-0.25, -0.2) is 9.78 Å². The normalized spacial score (nSPS) is 19.2. The SMILES string of the molecule is Cn1ccc2ncnc(Oc3ccc(NC(=O)NC4=CC5SC=NC5C=C4)c(Cl)c3)c21. The fraction of sp³-hybridized carbons (Fsp3) is 0.143. The number of hydrogen-bond acceptors (Lipinski definition) is 6. The fourth-order valence-corrected chi connectivity index (χ4v) is 4.49. The molecule has 2 unspecified atom stereocenters. The maximum atomic E-state index is 12.4. The predicted molar refractivity (Wildman–Crippen MR) is 123 cm³/mol. The number of allylic oxidation sites excluding steroid dienone is 1. The van der Waals surface area contributed by atoms with Crippen LogP contribution in [0.3, 0.4) is 0 Å². The van der Waals surface area contributed by atoms with Crippen LogP contribution in [0.15, 0.2) is 65.7 Å². The van der Waals surface area contributed by atoms with Crippen LogP contribution in [0, 0.1) is 0 Å². The van der Waals surface area contributed by atoms with Crippen molar-refractivity contribution in [2.75, 3.05) is 5.32 Å². The number of carbonyl (C=O) groups excluding carboxylic acids is 1. The van der Waals surface area contributed by atoms with Gasteiger partial charge in [0.15, 0.2) is 0 Å². The molecule has 3 heterocycles. The Bertz CT molecular complexity index is 1270. The van der Waals surface area contributed by atoms with E-state index >= 15 is 0 Å². The molecule has 31 heavy (non-hydrogen) atoms. The largest absolute Gasteiger partial charge is 0.437 e. The average Bonchev–Trinajstić information content (AvgIpc) is 3.37. The molecular formula is C21H17ClN6O2S. The van der Waals surface area contributed by atoms with Crippen molar-refractivity contribution < 1.29 is 9.53 Å². The van der Waals surface area contributed by atoms with E-state index in [4.69, 9.17) is 16.3 Å². The van der Waals surface area contributed by atoms with E-state index in [1.165, 1.54) is 6.33 Å². The van der Waals surface area contributed by atoms with Crippen LogP contribution in [0.1, 0.15) is 0 Å². The number of amides is 2. The fourth-order valence-electron chi connectivity index (χ4n) is 3.37. The highest BCUT2D eigenvalue weighted by atomic mass is 35.5. The molecule has 1 aromatic carbocycles. The average molecular weight is 453 g/mol. The summed E-state index contributed by atoms with van der Waals surface area (Å²) in [6, 6.07) is 6.68. The molecule has 2 amide bonds. The summed E-state index contributed by atoms with van der Waals surface area (Å²) in [5.41, 5.74) is 4.60. The van der Waals surface area contributed by atoms with Gasteiger partial charge in [-0.05, 0) is 30.4 Å². The Morgan fingerprint density at radius 2 is 2.16 bits per heavy atom. The summed E-state index contributed by atoms with van der Waals surface area (Å²) in [6.07, 6.45) is 9.17. The molecule has 1 aliphatic heterocycles. The molecule has 2 aliphatic rings. The molecule has 5 rings (SSSR count). The second-order valence-electron chi connectivity index (χ2n) is 6.99. The molecule has 0 radical (unpaired) electrons. The molecule has 0 saturated heterocycles. The summed E-state index contributed by atoms with van der Waals surface area (Å²) in [7, 11) is 1.90.